The molecule has 0 amide bonds. The van der Waals surface area contributed by atoms with E-state index in [-0.39, 0.29) is 23.5 Å². The molecule has 4 aromatic carbocycles. The van der Waals surface area contributed by atoms with Gasteiger partial charge >= 0.3 is 0 Å². The van der Waals surface area contributed by atoms with Crippen LogP contribution in [0.1, 0.15) is 63.8 Å². The molecule has 0 saturated carbocycles. The maximum atomic E-state index is 4.73. The van der Waals surface area contributed by atoms with E-state index in [2.05, 4.69) is 146 Å². The number of imidazole rings is 2. The first-order valence-corrected chi connectivity index (χ1v) is 15.2. The van der Waals surface area contributed by atoms with Gasteiger partial charge in [-0.25, -0.2) is 9.97 Å². The van der Waals surface area contributed by atoms with Gasteiger partial charge in [-0.05, 0) is 33.9 Å². The lowest BCUT2D eigenvalue weighted by Gasteiger charge is -2.28. The third-order valence-corrected chi connectivity index (χ3v) is 8.27. The van der Waals surface area contributed by atoms with Crippen LogP contribution in [0.15, 0.2) is 146 Å². The Balaban J connectivity index is 1.20. The Morgan fingerprint density at radius 3 is 1.07 bits per heavy atom. The molecule has 0 saturated heterocycles. The zero-order valence-electron chi connectivity index (χ0n) is 24.3. The molecule has 4 nitrogen and oxygen atoms in total. The SMILES string of the molecule is [B](CCC[B]C(c1ncc[nH]1)C(c1ccccc1)c1ccccc1)C(c1ncc[nH]1)C(c1ccccc1)c1ccccc1. The number of benzene rings is 4. The van der Waals surface area contributed by atoms with Crippen molar-refractivity contribution in [2.24, 2.45) is 0 Å². The van der Waals surface area contributed by atoms with Gasteiger partial charge < -0.3 is 9.97 Å². The van der Waals surface area contributed by atoms with Crippen LogP contribution in [0.2, 0.25) is 12.6 Å². The van der Waals surface area contributed by atoms with E-state index in [1.165, 1.54) is 22.3 Å². The molecule has 0 aliphatic carbocycles. The van der Waals surface area contributed by atoms with E-state index in [1.54, 1.807) is 0 Å². The van der Waals surface area contributed by atoms with Crippen molar-refractivity contribution in [1.29, 1.82) is 0 Å². The van der Waals surface area contributed by atoms with Gasteiger partial charge in [-0.2, -0.15) is 0 Å². The maximum absolute atomic E-state index is 4.73. The molecule has 0 bridgehead atoms. The molecule has 0 aliphatic heterocycles. The van der Waals surface area contributed by atoms with E-state index < -0.39 is 0 Å². The van der Waals surface area contributed by atoms with Crippen molar-refractivity contribution in [3.05, 3.63) is 180 Å². The highest BCUT2D eigenvalue weighted by atomic mass is 14.9. The number of aromatic nitrogens is 4. The molecule has 6 heteroatoms. The van der Waals surface area contributed by atoms with Gasteiger partial charge in [0.25, 0.3) is 0 Å². The summed E-state index contributed by atoms with van der Waals surface area (Å²) in [6.07, 6.45) is 10.6. The standard InChI is InChI=1S/C37H36B2N4/c1-5-14-28(15-6-1)32(29-16-7-2-8-17-29)34(36-40-24-25-41-36)38-22-13-23-39-35(37-42-26-27-43-37)33(30-18-9-3-10-19-30)31-20-11-4-12-21-31/h1-12,14-21,24-27,32-35H,13,22-23H2,(H,40,41)(H,42,43). The first-order chi connectivity index (χ1) is 21.4. The summed E-state index contributed by atoms with van der Waals surface area (Å²) in [5.41, 5.74) is 5.18. The van der Waals surface area contributed by atoms with Gasteiger partial charge in [0, 0.05) is 36.6 Å². The summed E-state index contributed by atoms with van der Waals surface area (Å²) in [5.74, 6) is 2.61. The van der Waals surface area contributed by atoms with E-state index >= 15 is 0 Å². The monoisotopic (exact) mass is 558 g/mol. The van der Waals surface area contributed by atoms with Crippen LogP contribution < -0.4 is 0 Å². The van der Waals surface area contributed by atoms with Gasteiger partial charge in [-0.3, -0.25) is 0 Å². The summed E-state index contributed by atoms with van der Waals surface area (Å²) in [6, 6.07) is 43.2. The molecular weight excluding hydrogens is 522 g/mol. The largest absolute Gasteiger partial charge is 0.349 e. The van der Waals surface area contributed by atoms with Crippen molar-refractivity contribution >= 4 is 14.6 Å². The molecule has 6 rings (SSSR count). The number of aromatic amines is 2. The molecule has 43 heavy (non-hydrogen) atoms. The molecule has 2 N–H and O–H groups in total. The van der Waals surface area contributed by atoms with Crippen molar-refractivity contribution in [3.63, 3.8) is 0 Å². The summed E-state index contributed by atoms with van der Waals surface area (Å²) < 4.78 is 0. The van der Waals surface area contributed by atoms with Crippen LogP contribution in [0.5, 0.6) is 0 Å². The Labute approximate surface area is 256 Å². The fourth-order valence-electron chi connectivity index (χ4n) is 6.30. The summed E-state index contributed by atoms with van der Waals surface area (Å²) in [4.78, 5) is 16.3. The van der Waals surface area contributed by atoms with Crippen molar-refractivity contribution in [2.75, 3.05) is 0 Å². The summed E-state index contributed by atoms with van der Waals surface area (Å²) >= 11 is 0. The zero-order valence-corrected chi connectivity index (χ0v) is 24.3. The lowest BCUT2D eigenvalue weighted by molar-refractivity contribution is 0.718. The van der Waals surface area contributed by atoms with E-state index in [0.717, 1.165) is 30.7 Å². The van der Waals surface area contributed by atoms with Gasteiger partial charge in [0.05, 0.1) is 0 Å². The normalized spacial score (nSPS) is 12.7. The van der Waals surface area contributed by atoms with Crippen LogP contribution in [0.4, 0.5) is 0 Å². The van der Waals surface area contributed by atoms with Crippen LogP contribution in [-0.4, -0.2) is 34.5 Å². The number of rotatable bonds is 14. The lowest BCUT2D eigenvalue weighted by Crippen LogP contribution is -2.22. The van der Waals surface area contributed by atoms with Gasteiger partial charge in [-0.1, -0.05) is 140 Å². The Hall–Kier alpha value is -4.57. The average molecular weight is 558 g/mol. The molecule has 2 radical (unpaired) electrons. The van der Waals surface area contributed by atoms with Gasteiger partial charge in [0.2, 0.25) is 0 Å². The molecule has 0 spiro atoms. The number of H-pyrrole nitrogens is 2. The van der Waals surface area contributed by atoms with Crippen molar-refractivity contribution < 1.29 is 0 Å². The van der Waals surface area contributed by atoms with Crippen molar-refractivity contribution in [3.8, 4) is 0 Å². The Kier molecular flexibility index (Phi) is 9.66. The fraction of sp³-hybridized carbons (Fsp3) is 0.189. The minimum absolute atomic E-state index is 0.127. The molecule has 2 heterocycles. The quantitative estimate of drug-likeness (QED) is 0.105. The molecule has 0 fully saturated rings. The predicted octanol–water partition coefficient (Wildman–Crippen LogP) is 8.21. The maximum Gasteiger partial charge on any atom is 0.124 e. The summed E-state index contributed by atoms with van der Waals surface area (Å²) in [7, 11) is 4.93. The van der Waals surface area contributed by atoms with E-state index in [4.69, 9.17) is 9.97 Å². The van der Waals surface area contributed by atoms with Crippen LogP contribution in [-0.2, 0) is 0 Å². The highest BCUT2D eigenvalue weighted by Crippen LogP contribution is 2.39. The number of nitrogens with one attached hydrogen (secondary N) is 2. The third kappa shape index (κ3) is 7.09. The van der Waals surface area contributed by atoms with Crippen molar-refractivity contribution in [1.82, 2.24) is 19.9 Å². The summed E-state index contributed by atoms with van der Waals surface area (Å²) in [6.45, 7) is 0. The number of hydrogen-bond donors (Lipinski definition) is 2. The van der Waals surface area contributed by atoms with Crippen LogP contribution in [0.25, 0.3) is 0 Å². The lowest BCUT2D eigenvalue weighted by atomic mass is 9.50. The molecule has 210 valence electrons. The second-order valence-electron chi connectivity index (χ2n) is 11.0. The van der Waals surface area contributed by atoms with Gasteiger partial charge in [-0.15, -0.1) is 0 Å². The Morgan fingerprint density at radius 2 is 0.791 bits per heavy atom. The van der Waals surface area contributed by atoms with Crippen LogP contribution >= 0.6 is 0 Å². The molecule has 0 aliphatic rings. The molecule has 2 atom stereocenters. The molecule has 6 aromatic rings. The first kappa shape index (κ1) is 28.5. The van der Waals surface area contributed by atoms with E-state index in [9.17, 15) is 0 Å². The average Bonchev–Trinajstić information content (AvgIpc) is 3.81. The highest BCUT2D eigenvalue weighted by molar-refractivity contribution is 6.40. The summed E-state index contributed by atoms with van der Waals surface area (Å²) in [5, 5.41) is 0. The number of nitrogens with zero attached hydrogens (tertiary/aromatic N) is 2. The minimum Gasteiger partial charge on any atom is -0.349 e. The molecule has 2 unspecified atom stereocenters. The predicted molar refractivity (Wildman–Crippen MR) is 178 cm³/mol. The fourth-order valence-corrected chi connectivity index (χ4v) is 6.30. The van der Waals surface area contributed by atoms with Crippen LogP contribution in [0.3, 0.4) is 0 Å². The smallest absolute Gasteiger partial charge is 0.124 e. The Bertz CT molecular complexity index is 1390. The van der Waals surface area contributed by atoms with E-state index in [1.807, 2.05) is 24.8 Å². The molecular formula is C37H36B2N4. The van der Waals surface area contributed by atoms with Crippen molar-refractivity contribution in [2.45, 2.75) is 42.5 Å². The second-order valence-corrected chi connectivity index (χ2v) is 11.0. The zero-order chi connectivity index (χ0) is 29.1. The van der Waals surface area contributed by atoms with Gasteiger partial charge in [0.15, 0.2) is 0 Å². The topological polar surface area (TPSA) is 57.4 Å². The van der Waals surface area contributed by atoms with Gasteiger partial charge in [0.1, 0.15) is 26.2 Å². The van der Waals surface area contributed by atoms with Crippen LogP contribution in [0, 0.1) is 0 Å². The first-order valence-electron chi connectivity index (χ1n) is 15.2. The number of hydrogen-bond acceptors (Lipinski definition) is 2. The molecule has 2 aromatic heterocycles. The highest BCUT2D eigenvalue weighted by Gasteiger charge is 2.30. The third-order valence-electron chi connectivity index (χ3n) is 8.27. The minimum atomic E-state index is 0.127. The van der Waals surface area contributed by atoms with E-state index in [0.29, 0.717) is 0 Å². The second kappa shape index (κ2) is 14.6. The Morgan fingerprint density at radius 1 is 0.465 bits per heavy atom.